The van der Waals surface area contributed by atoms with Crippen molar-refractivity contribution in [3.63, 3.8) is 0 Å². The highest BCUT2D eigenvalue weighted by Crippen LogP contribution is 2.09. The smallest absolute Gasteiger partial charge is 0.259 e. The summed E-state index contributed by atoms with van der Waals surface area (Å²) in [6.45, 7) is -0.110. The molecular weight excluding hydrogens is 358 g/mol. The quantitative estimate of drug-likeness (QED) is 0.602. The molecule has 23 heavy (non-hydrogen) atoms. The largest absolute Gasteiger partial charge is 0.347 e. The summed E-state index contributed by atoms with van der Waals surface area (Å²) in [5.41, 5.74) is 4.13. The molecule has 2 aromatic carbocycles. The number of nitrogens with one attached hydrogen (secondary N) is 2. The Morgan fingerprint density at radius 2 is 1.83 bits per heavy atom. The Hall–Kier alpha value is -2.47. The van der Waals surface area contributed by atoms with Gasteiger partial charge in [-0.15, -0.1) is 0 Å². The molecule has 0 radical (unpaired) electrons. The third-order valence-electron chi connectivity index (χ3n) is 2.91. The summed E-state index contributed by atoms with van der Waals surface area (Å²) in [5, 5.41) is 6.40. The molecule has 2 amide bonds. The highest BCUT2D eigenvalue weighted by Gasteiger charge is 2.05. The number of amides is 2. The Bertz CT molecular complexity index is 702. The van der Waals surface area contributed by atoms with Gasteiger partial charge in [-0.25, -0.2) is 5.43 Å². The van der Waals surface area contributed by atoms with E-state index in [0.29, 0.717) is 0 Å². The second-order valence-corrected chi connectivity index (χ2v) is 5.70. The van der Waals surface area contributed by atoms with E-state index < -0.39 is 0 Å². The van der Waals surface area contributed by atoms with Gasteiger partial charge in [0, 0.05) is 4.47 Å². The highest BCUT2D eigenvalue weighted by molar-refractivity contribution is 9.10. The lowest BCUT2D eigenvalue weighted by atomic mass is 10.1. The Balaban J connectivity index is 1.71. The van der Waals surface area contributed by atoms with Crippen LogP contribution in [0, 0.1) is 0 Å². The summed E-state index contributed by atoms with van der Waals surface area (Å²) in [6.07, 6.45) is 1.78. The molecule has 0 unspecified atom stereocenters. The Morgan fingerprint density at radius 3 is 2.57 bits per heavy atom. The van der Waals surface area contributed by atoms with Crippen LogP contribution in [-0.2, 0) is 16.0 Å². The van der Waals surface area contributed by atoms with Gasteiger partial charge in [0.15, 0.2) is 0 Å². The molecule has 0 saturated carbocycles. The standard InChI is InChI=1S/C17H16BrN3O2/c18-15-8-4-7-14(9-15)11-20-21-17(23)12-19-16(22)10-13-5-2-1-3-6-13/h1-9,11H,10,12H2,(H,19,22)(H,21,23)/b20-11-. The monoisotopic (exact) mass is 373 g/mol. The average molecular weight is 374 g/mol. The average Bonchev–Trinajstić information content (AvgIpc) is 2.54. The fourth-order valence-corrected chi connectivity index (χ4v) is 2.24. The van der Waals surface area contributed by atoms with Crippen LogP contribution < -0.4 is 10.7 Å². The third-order valence-corrected chi connectivity index (χ3v) is 3.40. The van der Waals surface area contributed by atoms with Crippen LogP contribution in [0.3, 0.4) is 0 Å². The zero-order valence-corrected chi connectivity index (χ0v) is 13.9. The van der Waals surface area contributed by atoms with Crippen molar-refractivity contribution in [1.82, 2.24) is 10.7 Å². The van der Waals surface area contributed by atoms with Crippen molar-refractivity contribution in [3.05, 3.63) is 70.2 Å². The molecule has 0 heterocycles. The number of carbonyl (C=O) groups is 2. The molecule has 2 N–H and O–H groups in total. The molecule has 2 aromatic rings. The lowest BCUT2D eigenvalue weighted by Gasteiger charge is -2.04. The van der Waals surface area contributed by atoms with Crippen molar-refractivity contribution in [2.45, 2.75) is 6.42 Å². The van der Waals surface area contributed by atoms with Gasteiger partial charge in [0.25, 0.3) is 5.91 Å². The van der Waals surface area contributed by atoms with Crippen LogP contribution in [0.2, 0.25) is 0 Å². The van der Waals surface area contributed by atoms with Crippen LogP contribution in [0.15, 0.2) is 64.2 Å². The van der Waals surface area contributed by atoms with Crippen LogP contribution >= 0.6 is 15.9 Å². The fraction of sp³-hybridized carbons (Fsp3) is 0.118. The van der Waals surface area contributed by atoms with Gasteiger partial charge in [-0.05, 0) is 23.3 Å². The summed E-state index contributed by atoms with van der Waals surface area (Å²) in [4.78, 5) is 23.3. The van der Waals surface area contributed by atoms with E-state index >= 15 is 0 Å². The number of halogens is 1. The van der Waals surface area contributed by atoms with Gasteiger partial charge in [0.05, 0.1) is 19.2 Å². The normalized spacial score (nSPS) is 10.5. The van der Waals surface area contributed by atoms with E-state index in [9.17, 15) is 9.59 Å². The predicted octanol–water partition coefficient (Wildman–Crippen LogP) is 2.26. The molecule has 0 aliphatic rings. The van der Waals surface area contributed by atoms with Crippen molar-refractivity contribution >= 4 is 34.0 Å². The number of carbonyl (C=O) groups excluding carboxylic acids is 2. The van der Waals surface area contributed by atoms with E-state index in [1.807, 2.05) is 54.6 Å². The van der Waals surface area contributed by atoms with Crippen molar-refractivity contribution in [1.29, 1.82) is 0 Å². The molecule has 6 heteroatoms. The van der Waals surface area contributed by atoms with Gasteiger partial charge in [0.1, 0.15) is 0 Å². The maximum Gasteiger partial charge on any atom is 0.259 e. The number of nitrogens with zero attached hydrogens (tertiary/aromatic N) is 1. The Kier molecular flexibility index (Phi) is 6.50. The van der Waals surface area contributed by atoms with E-state index in [-0.39, 0.29) is 24.8 Å². The first kappa shape index (κ1) is 16.9. The fourth-order valence-electron chi connectivity index (χ4n) is 1.83. The second kappa shape index (κ2) is 8.85. The van der Waals surface area contributed by atoms with Gasteiger partial charge in [-0.3, -0.25) is 9.59 Å². The summed E-state index contributed by atoms with van der Waals surface area (Å²) in [7, 11) is 0. The first-order chi connectivity index (χ1) is 11.1. The minimum atomic E-state index is -0.377. The van der Waals surface area contributed by atoms with E-state index in [0.717, 1.165) is 15.6 Å². The van der Waals surface area contributed by atoms with Gasteiger partial charge in [-0.2, -0.15) is 5.10 Å². The predicted molar refractivity (Wildman–Crippen MR) is 93.0 cm³/mol. The molecular formula is C17H16BrN3O2. The maximum absolute atomic E-state index is 11.7. The van der Waals surface area contributed by atoms with Crippen molar-refractivity contribution in [2.75, 3.05) is 6.54 Å². The first-order valence-electron chi connectivity index (χ1n) is 7.01. The summed E-state index contributed by atoms with van der Waals surface area (Å²) < 4.78 is 0.931. The van der Waals surface area contributed by atoms with Crippen LogP contribution in [0.25, 0.3) is 0 Å². The highest BCUT2D eigenvalue weighted by atomic mass is 79.9. The molecule has 0 aliphatic heterocycles. The Morgan fingerprint density at radius 1 is 1.04 bits per heavy atom. The van der Waals surface area contributed by atoms with Crippen molar-refractivity contribution in [3.8, 4) is 0 Å². The molecule has 0 spiro atoms. The summed E-state index contributed by atoms with van der Waals surface area (Å²) >= 11 is 3.35. The second-order valence-electron chi connectivity index (χ2n) is 4.79. The number of hydrazone groups is 1. The lowest BCUT2D eigenvalue weighted by Crippen LogP contribution is -2.35. The molecule has 0 fully saturated rings. The molecule has 0 aromatic heterocycles. The minimum Gasteiger partial charge on any atom is -0.347 e. The Labute approximate surface area is 142 Å². The summed E-state index contributed by atoms with van der Waals surface area (Å²) in [6, 6.07) is 16.9. The number of hydrogen-bond donors (Lipinski definition) is 2. The van der Waals surface area contributed by atoms with Crippen molar-refractivity contribution < 1.29 is 9.59 Å². The molecule has 118 valence electrons. The lowest BCUT2D eigenvalue weighted by molar-refractivity contribution is -0.125. The SMILES string of the molecule is O=C(Cc1ccccc1)NCC(=O)N/N=C\c1cccc(Br)c1. The minimum absolute atomic E-state index is 0.110. The van der Waals surface area contributed by atoms with E-state index in [2.05, 4.69) is 31.8 Å². The third kappa shape index (κ3) is 6.44. The molecule has 0 aliphatic carbocycles. The maximum atomic E-state index is 11.7. The molecule has 5 nitrogen and oxygen atoms in total. The number of hydrogen-bond acceptors (Lipinski definition) is 3. The van der Waals surface area contributed by atoms with E-state index in [4.69, 9.17) is 0 Å². The van der Waals surface area contributed by atoms with Crippen LogP contribution in [0.5, 0.6) is 0 Å². The zero-order valence-electron chi connectivity index (χ0n) is 12.3. The number of benzene rings is 2. The molecule has 0 bridgehead atoms. The van der Waals surface area contributed by atoms with Gasteiger partial charge >= 0.3 is 0 Å². The van der Waals surface area contributed by atoms with Gasteiger partial charge < -0.3 is 5.32 Å². The van der Waals surface area contributed by atoms with Crippen LogP contribution in [-0.4, -0.2) is 24.6 Å². The van der Waals surface area contributed by atoms with E-state index in [1.54, 1.807) is 0 Å². The molecule has 0 saturated heterocycles. The topological polar surface area (TPSA) is 70.6 Å². The van der Waals surface area contributed by atoms with E-state index in [1.165, 1.54) is 6.21 Å². The summed E-state index contributed by atoms with van der Waals surface area (Å²) in [5.74, 6) is -0.583. The van der Waals surface area contributed by atoms with Crippen LogP contribution in [0.1, 0.15) is 11.1 Å². The molecule has 0 atom stereocenters. The van der Waals surface area contributed by atoms with Crippen molar-refractivity contribution in [2.24, 2.45) is 5.10 Å². The molecule has 2 rings (SSSR count). The zero-order chi connectivity index (χ0) is 16.5. The van der Waals surface area contributed by atoms with Gasteiger partial charge in [0.2, 0.25) is 5.91 Å². The van der Waals surface area contributed by atoms with Gasteiger partial charge in [-0.1, -0.05) is 58.4 Å². The van der Waals surface area contributed by atoms with Crippen LogP contribution in [0.4, 0.5) is 0 Å². The number of rotatable bonds is 6. The first-order valence-corrected chi connectivity index (χ1v) is 7.81.